The number of hydrogen-bond acceptors (Lipinski definition) is 4. The zero-order chi connectivity index (χ0) is 11.2. The second-order valence-corrected chi connectivity index (χ2v) is 4.41. The summed E-state index contributed by atoms with van der Waals surface area (Å²) in [5.41, 5.74) is 5.54. The largest absolute Gasteiger partial charge is 0.467 e. The van der Waals surface area contributed by atoms with Crippen LogP contribution in [0.5, 0.6) is 0 Å². The third-order valence-electron chi connectivity index (χ3n) is 3.27. The van der Waals surface area contributed by atoms with Gasteiger partial charge in [-0.25, -0.2) is 4.79 Å². The molecule has 5 heteroatoms. The van der Waals surface area contributed by atoms with Crippen molar-refractivity contribution in [2.24, 2.45) is 17.6 Å². The van der Waals surface area contributed by atoms with Crippen molar-refractivity contribution in [3.63, 3.8) is 0 Å². The van der Waals surface area contributed by atoms with E-state index in [-0.39, 0.29) is 11.9 Å². The number of nitrogens with zero attached hydrogens (tertiary/aromatic N) is 1. The second kappa shape index (κ2) is 3.48. The standard InChI is InChI=1S/C10H16N2O3/c1-5(11)9(13)12-4-6-3-7(6)8(12)10(14)15-2/h5-8H,3-4,11H2,1-2H3/t5-,6-,7-,8-/m0/s1. The molecule has 2 N–H and O–H groups in total. The van der Waals surface area contributed by atoms with E-state index in [1.807, 2.05) is 0 Å². The Morgan fingerprint density at radius 1 is 1.53 bits per heavy atom. The summed E-state index contributed by atoms with van der Waals surface area (Å²) in [6.45, 7) is 2.30. The van der Waals surface area contributed by atoms with Crippen LogP contribution in [-0.4, -0.2) is 42.5 Å². The van der Waals surface area contributed by atoms with Crippen LogP contribution in [0.4, 0.5) is 0 Å². The third-order valence-corrected chi connectivity index (χ3v) is 3.27. The number of carbonyl (C=O) groups excluding carboxylic acids is 2. The summed E-state index contributed by atoms with van der Waals surface area (Å²) in [6.07, 6.45) is 1.03. The van der Waals surface area contributed by atoms with E-state index in [2.05, 4.69) is 0 Å². The Morgan fingerprint density at radius 2 is 2.20 bits per heavy atom. The van der Waals surface area contributed by atoms with Crippen LogP contribution < -0.4 is 5.73 Å². The van der Waals surface area contributed by atoms with Crippen LogP contribution >= 0.6 is 0 Å². The van der Waals surface area contributed by atoms with Gasteiger partial charge in [-0.2, -0.15) is 0 Å². The monoisotopic (exact) mass is 212 g/mol. The first kappa shape index (κ1) is 10.4. The molecule has 0 aromatic rings. The maximum Gasteiger partial charge on any atom is 0.328 e. The molecule has 1 amide bonds. The Kier molecular flexibility index (Phi) is 2.42. The van der Waals surface area contributed by atoms with E-state index in [0.29, 0.717) is 18.4 Å². The summed E-state index contributed by atoms with van der Waals surface area (Å²) >= 11 is 0. The molecule has 84 valence electrons. The zero-order valence-corrected chi connectivity index (χ0v) is 8.97. The summed E-state index contributed by atoms with van der Waals surface area (Å²) in [5.74, 6) is 0.323. The van der Waals surface area contributed by atoms with E-state index < -0.39 is 12.1 Å². The van der Waals surface area contributed by atoms with Gasteiger partial charge in [-0.15, -0.1) is 0 Å². The summed E-state index contributed by atoms with van der Waals surface area (Å²) < 4.78 is 4.72. The Hall–Kier alpha value is -1.10. The van der Waals surface area contributed by atoms with Crippen molar-refractivity contribution in [1.29, 1.82) is 0 Å². The van der Waals surface area contributed by atoms with Crippen LogP contribution in [0, 0.1) is 11.8 Å². The van der Waals surface area contributed by atoms with Crippen LogP contribution in [-0.2, 0) is 14.3 Å². The van der Waals surface area contributed by atoms with Gasteiger partial charge in [0, 0.05) is 6.54 Å². The fourth-order valence-corrected chi connectivity index (χ4v) is 2.38. The van der Waals surface area contributed by atoms with Crippen molar-refractivity contribution in [1.82, 2.24) is 4.90 Å². The van der Waals surface area contributed by atoms with Gasteiger partial charge < -0.3 is 15.4 Å². The van der Waals surface area contributed by atoms with E-state index in [1.54, 1.807) is 11.8 Å². The SMILES string of the molecule is COC(=O)[C@@H]1[C@H]2C[C@H]2CN1C(=O)[C@H](C)N. The van der Waals surface area contributed by atoms with Gasteiger partial charge in [-0.1, -0.05) is 0 Å². The van der Waals surface area contributed by atoms with Gasteiger partial charge in [0.25, 0.3) is 0 Å². The van der Waals surface area contributed by atoms with Gasteiger partial charge in [-0.05, 0) is 25.2 Å². The quantitative estimate of drug-likeness (QED) is 0.617. The molecular formula is C10H16N2O3. The number of esters is 1. The maximum absolute atomic E-state index is 11.7. The van der Waals surface area contributed by atoms with Crippen molar-refractivity contribution < 1.29 is 14.3 Å². The zero-order valence-electron chi connectivity index (χ0n) is 8.97. The Bertz CT molecular complexity index is 303. The van der Waals surface area contributed by atoms with Gasteiger partial charge >= 0.3 is 5.97 Å². The highest BCUT2D eigenvalue weighted by molar-refractivity contribution is 5.88. The predicted molar refractivity (Wildman–Crippen MR) is 52.8 cm³/mol. The van der Waals surface area contributed by atoms with Gasteiger partial charge in [0.05, 0.1) is 13.2 Å². The molecule has 15 heavy (non-hydrogen) atoms. The number of hydrogen-bond donors (Lipinski definition) is 1. The average Bonchev–Trinajstić information content (AvgIpc) is 2.87. The first-order chi connectivity index (χ1) is 7.06. The van der Waals surface area contributed by atoms with E-state index in [9.17, 15) is 9.59 Å². The first-order valence-corrected chi connectivity index (χ1v) is 5.20. The van der Waals surface area contributed by atoms with Crippen LogP contribution in [0.2, 0.25) is 0 Å². The summed E-state index contributed by atoms with van der Waals surface area (Å²) in [5, 5.41) is 0. The van der Waals surface area contributed by atoms with E-state index in [1.165, 1.54) is 7.11 Å². The van der Waals surface area contributed by atoms with E-state index in [4.69, 9.17) is 10.5 Å². The van der Waals surface area contributed by atoms with Crippen LogP contribution in [0.1, 0.15) is 13.3 Å². The van der Waals surface area contributed by atoms with Crippen molar-refractivity contribution in [2.45, 2.75) is 25.4 Å². The van der Waals surface area contributed by atoms with E-state index >= 15 is 0 Å². The smallest absolute Gasteiger partial charge is 0.328 e. The molecule has 4 atom stereocenters. The Balaban J connectivity index is 2.12. The fraction of sp³-hybridized carbons (Fsp3) is 0.800. The number of methoxy groups -OCH3 is 1. The lowest BCUT2D eigenvalue weighted by Crippen LogP contribution is -2.49. The number of nitrogens with two attached hydrogens (primary N) is 1. The van der Waals surface area contributed by atoms with Crippen LogP contribution in [0.15, 0.2) is 0 Å². The topological polar surface area (TPSA) is 72.6 Å². The fourth-order valence-electron chi connectivity index (χ4n) is 2.38. The molecule has 0 aromatic carbocycles. The molecule has 0 radical (unpaired) electrons. The molecule has 1 saturated carbocycles. The van der Waals surface area contributed by atoms with Gasteiger partial charge in [0.2, 0.25) is 5.91 Å². The lowest BCUT2D eigenvalue weighted by molar-refractivity contribution is -0.152. The Labute approximate surface area is 88.5 Å². The van der Waals surface area contributed by atoms with Crippen molar-refractivity contribution in [3.05, 3.63) is 0 Å². The molecular weight excluding hydrogens is 196 g/mol. The third kappa shape index (κ3) is 1.61. The highest BCUT2D eigenvalue weighted by Crippen LogP contribution is 2.49. The number of rotatable bonds is 2. The molecule has 1 aliphatic carbocycles. The molecule has 5 nitrogen and oxygen atoms in total. The lowest BCUT2D eigenvalue weighted by atomic mass is 10.1. The maximum atomic E-state index is 11.7. The van der Waals surface area contributed by atoms with Crippen molar-refractivity contribution >= 4 is 11.9 Å². The molecule has 1 heterocycles. The normalized spacial score (nSPS) is 34.6. The number of likely N-dealkylation sites (tertiary alicyclic amines) is 1. The van der Waals surface area contributed by atoms with Gasteiger partial charge in [0.15, 0.2) is 0 Å². The Morgan fingerprint density at radius 3 is 2.73 bits per heavy atom. The molecule has 0 spiro atoms. The second-order valence-electron chi connectivity index (χ2n) is 4.41. The number of amides is 1. The van der Waals surface area contributed by atoms with E-state index in [0.717, 1.165) is 6.42 Å². The van der Waals surface area contributed by atoms with Crippen LogP contribution in [0.3, 0.4) is 0 Å². The number of carbonyl (C=O) groups is 2. The predicted octanol–water partition coefficient (Wildman–Crippen LogP) is -0.646. The van der Waals surface area contributed by atoms with Gasteiger partial charge in [-0.3, -0.25) is 4.79 Å². The molecule has 1 saturated heterocycles. The van der Waals surface area contributed by atoms with Gasteiger partial charge in [0.1, 0.15) is 6.04 Å². The average molecular weight is 212 g/mol. The molecule has 2 fully saturated rings. The first-order valence-electron chi connectivity index (χ1n) is 5.20. The lowest BCUT2D eigenvalue weighted by Gasteiger charge is -2.26. The minimum absolute atomic E-state index is 0.155. The minimum atomic E-state index is -0.547. The number of piperidine rings is 1. The van der Waals surface area contributed by atoms with Crippen LogP contribution in [0.25, 0.3) is 0 Å². The van der Waals surface area contributed by atoms with Crippen molar-refractivity contribution in [3.8, 4) is 0 Å². The number of ether oxygens (including phenoxy) is 1. The highest BCUT2D eigenvalue weighted by Gasteiger charge is 2.57. The van der Waals surface area contributed by atoms with Crippen molar-refractivity contribution in [2.75, 3.05) is 13.7 Å². The highest BCUT2D eigenvalue weighted by atomic mass is 16.5. The molecule has 0 bridgehead atoms. The minimum Gasteiger partial charge on any atom is -0.467 e. The summed E-state index contributed by atoms with van der Waals surface area (Å²) in [6, 6.07) is -0.937. The molecule has 2 aliphatic rings. The molecule has 1 aliphatic heterocycles. The molecule has 2 rings (SSSR count). The number of fused-ring (bicyclic) bond motifs is 1. The molecule has 0 aromatic heterocycles. The summed E-state index contributed by atoms with van der Waals surface area (Å²) in [7, 11) is 1.35. The molecule has 0 unspecified atom stereocenters. The summed E-state index contributed by atoms with van der Waals surface area (Å²) in [4.78, 5) is 24.8.